The van der Waals surface area contributed by atoms with Gasteiger partial charge in [0.15, 0.2) is 0 Å². The number of unbranched alkanes of at least 4 members (excludes halogenated alkanes) is 14. The SMILES string of the molecule is CCCCCCCCCCCCCCCCCC(=O)N(CCC)N(CCC)CCC. The molecule has 0 saturated carbocycles. The van der Waals surface area contributed by atoms with Gasteiger partial charge in [0, 0.05) is 26.1 Å². The first kappa shape index (κ1) is 29.4. The van der Waals surface area contributed by atoms with Crippen LogP contribution in [0.3, 0.4) is 0 Å². The molecule has 30 heavy (non-hydrogen) atoms. The Hall–Kier alpha value is -0.570. The summed E-state index contributed by atoms with van der Waals surface area (Å²) in [7, 11) is 0. The first-order valence-corrected chi connectivity index (χ1v) is 13.8. The molecule has 0 unspecified atom stereocenters. The molecular formula is C27H56N2O. The van der Waals surface area contributed by atoms with E-state index in [9.17, 15) is 4.79 Å². The lowest BCUT2D eigenvalue weighted by molar-refractivity contribution is -0.149. The van der Waals surface area contributed by atoms with Crippen molar-refractivity contribution in [3.63, 3.8) is 0 Å². The highest BCUT2D eigenvalue weighted by molar-refractivity contribution is 5.75. The molecule has 0 rings (SSSR count). The van der Waals surface area contributed by atoms with Crippen LogP contribution in [0.25, 0.3) is 0 Å². The Bertz CT molecular complexity index is 353. The predicted octanol–water partition coefficient (Wildman–Crippen LogP) is 8.52. The minimum atomic E-state index is 0.341. The largest absolute Gasteiger partial charge is 0.275 e. The maximum atomic E-state index is 12.7. The van der Waals surface area contributed by atoms with Crippen molar-refractivity contribution < 1.29 is 4.79 Å². The molecule has 0 aliphatic heterocycles. The summed E-state index contributed by atoms with van der Waals surface area (Å²) in [6.07, 6.45) is 24.5. The lowest BCUT2D eigenvalue weighted by Gasteiger charge is -2.34. The molecule has 3 nitrogen and oxygen atoms in total. The van der Waals surface area contributed by atoms with E-state index in [0.717, 1.165) is 51.7 Å². The fraction of sp³-hybridized carbons (Fsp3) is 0.963. The van der Waals surface area contributed by atoms with Gasteiger partial charge in [0.1, 0.15) is 0 Å². The molecule has 0 aromatic heterocycles. The summed E-state index contributed by atoms with van der Waals surface area (Å²) < 4.78 is 0. The van der Waals surface area contributed by atoms with Crippen molar-refractivity contribution in [2.75, 3.05) is 19.6 Å². The molecule has 0 heterocycles. The predicted molar refractivity (Wildman–Crippen MR) is 134 cm³/mol. The summed E-state index contributed by atoms with van der Waals surface area (Å²) in [5, 5.41) is 4.34. The van der Waals surface area contributed by atoms with Crippen molar-refractivity contribution in [1.29, 1.82) is 0 Å². The highest BCUT2D eigenvalue weighted by Gasteiger charge is 2.18. The van der Waals surface area contributed by atoms with Gasteiger partial charge in [-0.15, -0.1) is 0 Å². The summed E-state index contributed by atoms with van der Waals surface area (Å²) in [6.45, 7) is 11.7. The Morgan fingerprint density at radius 2 is 0.833 bits per heavy atom. The zero-order chi connectivity index (χ0) is 22.3. The molecule has 0 atom stereocenters. The third kappa shape index (κ3) is 17.1. The monoisotopic (exact) mass is 424 g/mol. The summed E-state index contributed by atoms with van der Waals surface area (Å²) in [6, 6.07) is 0. The third-order valence-corrected chi connectivity index (χ3v) is 6.02. The summed E-state index contributed by atoms with van der Waals surface area (Å²) in [5.41, 5.74) is 0. The molecule has 0 aromatic rings. The fourth-order valence-electron chi connectivity index (χ4n) is 4.28. The van der Waals surface area contributed by atoms with E-state index in [2.05, 4.69) is 37.7 Å². The number of hydrogen-bond acceptors (Lipinski definition) is 2. The Morgan fingerprint density at radius 1 is 0.467 bits per heavy atom. The molecule has 0 N–H and O–H groups in total. The third-order valence-electron chi connectivity index (χ3n) is 6.02. The molecule has 1 amide bonds. The van der Waals surface area contributed by atoms with Crippen molar-refractivity contribution in [2.45, 2.75) is 150 Å². The normalized spacial score (nSPS) is 11.4. The van der Waals surface area contributed by atoms with E-state index in [1.165, 1.54) is 89.9 Å². The van der Waals surface area contributed by atoms with Crippen molar-refractivity contribution in [3.8, 4) is 0 Å². The van der Waals surface area contributed by atoms with Crippen LogP contribution >= 0.6 is 0 Å². The molecule has 0 bridgehead atoms. The van der Waals surface area contributed by atoms with Crippen LogP contribution in [-0.4, -0.2) is 35.6 Å². The van der Waals surface area contributed by atoms with Gasteiger partial charge in [-0.3, -0.25) is 9.80 Å². The highest BCUT2D eigenvalue weighted by Crippen LogP contribution is 2.14. The van der Waals surface area contributed by atoms with Gasteiger partial charge < -0.3 is 0 Å². The Balaban J connectivity index is 3.66. The fourth-order valence-corrected chi connectivity index (χ4v) is 4.28. The van der Waals surface area contributed by atoms with Crippen LogP contribution in [0.15, 0.2) is 0 Å². The molecule has 0 saturated heterocycles. The van der Waals surface area contributed by atoms with Gasteiger partial charge in [-0.1, -0.05) is 118 Å². The van der Waals surface area contributed by atoms with Gasteiger partial charge in [-0.25, -0.2) is 5.01 Å². The van der Waals surface area contributed by atoms with E-state index in [1.807, 2.05) is 0 Å². The number of carbonyl (C=O) groups is 1. The second-order valence-corrected chi connectivity index (χ2v) is 9.17. The second kappa shape index (κ2) is 23.1. The molecule has 0 aliphatic rings. The van der Waals surface area contributed by atoms with Crippen molar-refractivity contribution >= 4 is 5.91 Å². The molecule has 0 spiro atoms. The smallest absolute Gasteiger partial charge is 0.236 e. The average Bonchev–Trinajstić information content (AvgIpc) is 2.74. The number of nitrogens with zero attached hydrogens (tertiary/aromatic N) is 2. The number of amides is 1. The van der Waals surface area contributed by atoms with Crippen molar-refractivity contribution in [3.05, 3.63) is 0 Å². The number of rotatable bonds is 23. The number of carbonyl (C=O) groups excluding carboxylic acids is 1. The van der Waals surface area contributed by atoms with Crippen LogP contribution in [0, 0.1) is 0 Å². The Kier molecular flexibility index (Phi) is 22.7. The Morgan fingerprint density at radius 3 is 1.20 bits per heavy atom. The van der Waals surface area contributed by atoms with Gasteiger partial charge in [-0.05, 0) is 25.7 Å². The molecule has 0 aliphatic carbocycles. The van der Waals surface area contributed by atoms with Crippen LogP contribution < -0.4 is 0 Å². The zero-order valence-electron chi connectivity index (χ0n) is 21.4. The van der Waals surface area contributed by atoms with Crippen LogP contribution in [0.2, 0.25) is 0 Å². The van der Waals surface area contributed by atoms with Crippen molar-refractivity contribution in [1.82, 2.24) is 10.0 Å². The zero-order valence-corrected chi connectivity index (χ0v) is 21.4. The number of hydrazine groups is 1. The topological polar surface area (TPSA) is 23.6 Å². The molecule has 180 valence electrons. The molecule has 3 heteroatoms. The lowest BCUT2D eigenvalue weighted by Crippen LogP contribution is -2.47. The van der Waals surface area contributed by atoms with Crippen LogP contribution in [-0.2, 0) is 4.79 Å². The van der Waals surface area contributed by atoms with Crippen molar-refractivity contribution in [2.24, 2.45) is 0 Å². The first-order valence-electron chi connectivity index (χ1n) is 13.8. The average molecular weight is 425 g/mol. The van der Waals surface area contributed by atoms with E-state index in [1.54, 1.807) is 0 Å². The number of hydrogen-bond donors (Lipinski definition) is 0. The summed E-state index contributed by atoms with van der Waals surface area (Å²) >= 11 is 0. The lowest BCUT2D eigenvalue weighted by atomic mass is 10.0. The highest BCUT2D eigenvalue weighted by atomic mass is 16.2. The molecule has 0 radical (unpaired) electrons. The van der Waals surface area contributed by atoms with Crippen LogP contribution in [0.1, 0.15) is 150 Å². The van der Waals surface area contributed by atoms with E-state index >= 15 is 0 Å². The van der Waals surface area contributed by atoms with E-state index in [-0.39, 0.29) is 0 Å². The maximum absolute atomic E-state index is 12.7. The first-order chi connectivity index (χ1) is 14.7. The van der Waals surface area contributed by atoms with E-state index in [0.29, 0.717) is 5.91 Å². The van der Waals surface area contributed by atoms with Gasteiger partial charge in [-0.2, -0.15) is 0 Å². The van der Waals surface area contributed by atoms with Gasteiger partial charge in [0.05, 0.1) is 0 Å². The standard InChI is InChI=1S/C27H56N2O/c1-5-9-10-11-12-13-14-15-16-17-18-19-20-21-22-23-27(30)29(26-8-4)28(24-6-2)25-7-3/h5-26H2,1-4H3. The van der Waals surface area contributed by atoms with E-state index in [4.69, 9.17) is 0 Å². The van der Waals surface area contributed by atoms with Gasteiger partial charge in [0.2, 0.25) is 5.91 Å². The van der Waals surface area contributed by atoms with Gasteiger partial charge in [0.25, 0.3) is 0 Å². The maximum Gasteiger partial charge on any atom is 0.236 e. The quantitative estimate of drug-likeness (QED) is 0.121. The minimum Gasteiger partial charge on any atom is -0.275 e. The molecule has 0 fully saturated rings. The van der Waals surface area contributed by atoms with E-state index < -0.39 is 0 Å². The van der Waals surface area contributed by atoms with Crippen LogP contribution in [0.5, 0.6) is 0 Å². The summed E-state index contributed by atoms with van der Waals surface area (Å²) in [4.78, 5) is 12.7. The van der Waals surface area contributed by atoms with Gasteiger partial charge >= 0.3 is 0 Å². The molecule has 0 aromatic carbocycles. The van der Waals surface area contributed by atoms with Crippen LogP contribution in [0.4, 0.5) is 0 Å². The summed E-state index contributed by atoms with van der Waals surface area (Å²) in [5.74, 6) is 0.341. The Labute approximate surface area is 190 Å². The molecular weight excluding hydrogens is 368 g/mol. The second-order valence-electron chi connectivity index (χ2n) is 9.17. The minimum absolute atomic E-state index is 0.341.